The summed E-state index contributed by atoms with van der Waals surface area (Å²) in [4.78, 5) is 23.3. The Morgan fingerprint density at radius 3 is 2.55 bits per heavy atom. The van der Waals surface area contributed by atoms with Crippen molar-refractivity contribution in [2.45, 2.75) is 13.0 Å². The first-order valence-corrected chi connectivity index (χ1v) is 7.09. The molecule has 0 aliphatic carbocycles. The number of carbonyl (C=O) groups excluding carboxylic acids is 2. The van der Waals surface area contributed by atoms with E-state index in [0.29, 0.717) is 17.8 Å². The zero-order chi connectivity index (χ0) is 15.9. The molecule has 1 atom stereocenters. The normalized spacial score (nSPS) is 11.7. The van der Waals surface area contributed by atoms with Crippen LogP contribution in [0.1, 0.15) is 29.1 Å². The van der Waals surface area contributed by atoms with Gasteiger partial charge in [0.15, 0.2) is 12.3 Å². The van der Waals surface area contributed by atoms with Gasteiger partial charge in [-0.2, -0.15) is 0 Å². The van der Waals surface area contributed by atoms with Crippen LogP contribution in [0.2, 0.25) is 0 Å². The fraction of sp³-hybridized carbons (Fsp3) is 0.250. The molecule has 0 fully saturated rings. The molecule has 2 rings (SSSR count). The third-order valence-corrected chi connectivity index (χ3v) is 3.31. The van der Waals surface area contributed by atoms with E-state index in [1.165, 1.54) is 0 Å². The number of quaternary nitrogens is 1. The van der Waals surface area contributed by atoms with Gasteiger partial charge in [0.2, 0.25) is 0 Å². The molecule has 116 valence electrons. The number of furan rings is 1. The summed E-state index contributed by atoms with van der Waals surface area (Å²) < 4.78 is 5.29. The fourth-order valence-electron chi connectivity index (χ4n) is 2.01. The molecule has 0 unspecified atom stereocenters. The minimum absolute atomic E-state index is 0.0800. The maximum Gasteiger partial charge on any atom is 0.279 e. The summed E-state index contributed by atoms with van der Waals surface area (Å²) >= 11 is 0. The van der Waals surface area contributed by atoms with Crippen LogP contribution in [0.5, 0.6) is 0 Å². The Bertz CT molecular complexity index is 621. The van der Waals surface area contributed by atoms with Gasteiger partial charge < -0.3 is 20.4 Å². The van der Waals surface area contributed by atoms with E-state index < -0.39 is 0 Å². The number of anilines is 1. The topological polar surface area (TPSA) is 88.0 Å². The predicted octanol–water partition coefficient (Wildman–Crippen LogP) is 0.902. The van der Waals surface area contributed by atoms with Crippen molar-refractivity contribution < 1.29 is 19.3 Å². The van der Waals surface area contributed by atoms with Crippen molar-refractivity contribution in [3.63, 3.8) is 0 Å². The van der Waals surface area contributed by atoms with Crippen LogP contribution in [0, 0.1) is 0 Å². The minimum Gasteiger partial charge on any atom is -0.463 e. The highest BCUT2D eigenvalue weighted by atomic mass is 16.3. The molecule has 2 amide bonds. The first-order chi connectivity index (χ1) is 10.6. The van der Waals surface area contributed by atoms with E-state index in [1.54, 1.807) is 37.6 Å². The van der Waals surface area contributed by atoms with Gasteiger partial charge in [0.05, 0.1) is 6.26 Å². The van der Waals surface area contributed by atoms with Crippen molar-refractivity contribution in [1.82, 2.24) is 5.32 Å². The molecule has 0 bridgehead atoms. The number of hydrogen-bond donors (Lipinski definition) is 3. The third kappa shape index (κ3) is 4.20. The lowest BCUT2D eigenvalue weighted by Crippen LogP contribution is -2.86. The molecule has 6 nitrogen and oxygen atoms in total. The molecule has 0 radical (unpaired) electrons. The third-order valence-electron chi connectivity index (χ3n) is 3.31. The Balaban J connectivity index is 1.83. The second-order valence-corrected chi connectivity index (χ2v) is 4.95. The summed E-state index contributed by atoms with van der Waals surface area (Å²) in [5.74, 6) is 0.576. The number of carbonyl (C=O) groups is 2. The zero-order valence-corrected chi connectivity index (χ0v) is 12.6. The number of nitrogens with two attached hydrogens (primary N) is 1. The number of hydrogen-bond acceptors (Lipinski definition) is 3. The number of nitrogens with one attached hydrogen (secondary N) is 2. The summed E-state index contributed by atoms with van der Waals surface area (Å²) in [5.41, 5.74) is 1.22. The van der Waals surface area contributed by atoms with Crippen molar-refractivity contribution in [3.8, 4) is 0 Å². The summed E-state index contributed by atoms with van der Waals surface area (Å²) in [6.07, 6.45) is 1.62. The maximum absolute atomic E-state index is 11.9. The Morgan fingerprint density at radius 1 is 1.23 bits per heavy atom. The molecular formula is C16H20N3O3+. The van der Waals surface area contributed by atoms with Gasteiger partial charge in [0.1, 0.15) is 6.04 Å². The quantitative estimate of drug-likeness (QED) is 0.741. The maximum atomic E-state index is 11.9. The van der Waals surface area contributed by atoms with Crippen molar-refractivity contribution in [3.05, 3.63) is 54.0 Å². The van der Waals surface area contributed by atoms with E-state index >= 15 is 0 Å². The van der Waals surface area contributed by atoms with Gasteiger partial charge in [-0.15, -0.1) is 0 Å². The lowest BCUT2D eigenvalue weighted by Gasteiger charge is -2.09. The highest BCUT2D eigenvalue weighted by Gasteiger charge is 2.13. The Labute approximate surface area is 128 Å². The fourth-order valence-corrected chi connectivity index (χ4v) is 2.01. The van der Waals surface area contributed by atoms with Crippen LogP contribution in [-0.4, -0.2) is 25.4 Å². The van der Waals surface area contributed by atoms with Crippen LogP contribution in [0.4, 0.5) is 5.69 Å². The lowest BCUT2D eigenvalue weighted by molar-refractivity contribution is -0.684. The predicted molar refractivity (Wildman–Crippen MR) is 82.4 cm³/mol. The van der Waals surface area contributed by atoms with Crippen molar-refractivity contribution in [2.75, 3.05) is 18.9 Å². The van der Waals surface area contributed by atoms with E-state index in [9.17, 15) is 9.59 Å². The van der Waals surface area contributed by atoms with Gasteiger partial charge in [-0.25, -0.2) is 0 Å². The second-order valence-electron chi connectivity index (χ2n) is 4.95. The van der Waals surface area contributed by atoms with E-state index in [1.807, 2.05) is 24.4 Å². The van der Waals surface area contributed by atoms with E-state index in [2.05, 4.69) is 10.6 Å². The van der Waals surface area contributed by atoms with Gasteiger partial charge >= 0.3 is 0 Å². The standard InChI is InChI=1S/C16H19N3O3/c1-11(14-4-3-9-22-14)18-10-15(20)19-13-7-5-12(6-8-13)16(21)17-2/h3-9,11,18H,10H2,1-2H3,(H,17,21)(H,19,20)/p+1/t11-/m0/s1. The van der Waals surface area contributed by atoms with Gasteiger partial charge in [-0.3, -0.25) is 9.59 Å². The first-order valence-electron chi connectivity index (χ1n) is 7.09. The van der Waals surface area contributed by atoms with Gasteiger partial charge in [0, 0.05) is 18.3 Å². The molecule has 0 spiro atoms. The lowest BCUT2D eigenvalue weighted by atomic mass is 10.2. The highest BCUT2D eigenvalue weighted by Crippen LogP contribution is 2.09. The molecule has 0 aliphatic heterocycles. The van der Waals surface area contributed by atoms with Crippen molar-refractivity contribution in [2.24, 2.45) is 0 Å². The first kappa shape index (κ1) is 15.8. The largest absolute Gasteiger partial charge is 0.463 e. The van der Waals surface area contributed by atoms with Gasteiger partial charge in [0.25, 0.3) is 11.8 Å². The molecule has 2 aromatic rings. The molecule has 1 aromatic heterocycles. The van der Waals surface area contributed by atoms with Crippen LogP contribution in [0.3, 0.4) is 0 Å². The van der Waals surface area contributed by atoms with Crippen LogP contribution >= 0.6 is 0 Å². The van der Waals surface area contributed by atoms with E-state index in [4.69, 9.17) is 4.42 Å². The molecule has 1 heterocycles. The highest BCUT2D eigenvalue weighted by molar-refractivity contribution is 5.95. The number of benzene rings is 1. The Kier molecular flexibility index (Phi) is 5.32. The number of rotatable bonds is 6. The van der Waals surface area contributed by atoms with Crippen LogP contribution in [-0.2, 0) is 4.79 Å². The molecule has 22 heavy (non-hydrogen) atoms. The Morgan fingerprint density at radius 2 is 1.95 bits per heavy atom. The summed E-state index contributed by atoms with van der Waals surface area (Å²) in [6.45, 7) is 2.27. The van der Waals surface area contributed by atoms with Crippen LogP contribution < -0.4 is 16.0 Å². The number of amides is 2. The smallest absolute Gasteiger partial charge is 0.279 e. The molecule has 1 aromatic carbocycles. The Hall–Kier alpha value is -2.60. The molecule has 0 saturated carbocycles. The van der Waals surface area contributed by atoms with E-state index in [0.717, 1.165) is 5.76 Å². The summed E-state index contributed by atoms with van der Waals surface area (Å²) in [6, 6.07) is 10.5. The monoisotopic (exact) mass is 302 g/mol. The van der Waals surface area contributed by atoms with Crippen LogP contribution in [0.15, 0.2) is 47.1 Å². The molecule has 0 saturated heterocycles. The SMILES string of the molecule is CNC(=O)c1ccc(NC(=O)C[NH2+][C@@H](C)c2ccco2)cc1. The summed E-state index contributed by atoms with van der Waals surface area (Å²) in [5, 5.41) is 7.24. The second kappa shape index (κ2) is 7.42. The van der Waals surface area contributed by atoms with Crippen LogP contribution in [0.25, 0.3) is 0 Å². The molecule has 6 heteroatoms. The van der Waals surface area contributed by atoms with Crippen molar-refractivity contribution >= 4 is 17.5 Å². The average molecular weight is 302 g/mol. The molecule has 0 aliphatic rings. The molecular weight excluding hydrogens is 282 g/mol. The summed E-state index contributed by atoms with van der Waals surface area (Å²) in [7, 11) is 1.58. The minimum atomic E-state index is -0.154. The van der Waals surface area contributed by atoms with Crippen molar-refractivity contribution in [1.29, 1.82) is 0 Å². The average Bonchev–Trinajstić information content (AvgIpc) is 3.07. The van der Waals surface area contributed by atoms with E-state index in [-0.39, 0.29) is 17.9 Å². The van der Waals surface area contributed by atoms with Gasteiger partial charge in [-0.1, -0.05) is 0 Å². The molecule has 4 N–H and O–H groups in total. The zero-order valence-electron chi connectivity index (χ0n) is 12.6. The van der Waals surface area contributed by atoms with Gasteiger partial charge in [-0.05, 0) is 43.3 Å².